The molecule has 0 atom stereocenters. The van der Waals surface area contributed by atoms with Crippen LogP contribution in [-0.2, 0) is 11.2 Å². The highest BCUT2D eigenvalue weighted by atomic mass is 19.4. The van der Waals surface area contributed by atoms with E-state index in [-0.39, 0.29) is 5.75 Å². The third-order valence-corrected chi connectivity index (χ3v) is 2.80. The standard InChI is InChI=1S/C15H13F3N2O2/c1-2-3-10-8-19-13(20-9-10)11-4-6-12(7-5-11)22-14(21)15(16,17)18/h4-9H,2-3H2,1H3. The zero-order valence-electron chi connectivity index (χ0n) is 11.7. The minimum Gasteiger partial charge on any atom is -0.420 e. The number of esters is 1. The lowest BCUT2D eigenvalue weighted by molar-refractivity contribution is -0.189. The van der Waals surface area contributed by atoms with E-state index in [9.17, 15) is 18.0 Å². The third kappa shape index (κ3) is 4.03. The van der Waals surface area contributed by atoms with Gasteiger partial charge in [-0.05, 0) is 36.2 Å². The molecule has 0 aliphatic rings. The van der Waals surface area contributed by atoms with Crippen LogP contribution >= 0.6 is 0 Å². The summed E-state index contributed by atoms with van der Waals surface area (Å²) in [5, 5.41) is 0. The number of nitrogens with zero attached hydrogens (tertiary/aromatic N) is 2. The van der Waals surface area contributed by atoms with Gasteiger partial charge in [0.2, 0.25) is 0 Å². The fraction of sp³-hybridized carbons (Fsp3) is 0.267. The molecule has 1 heterocycles. The summed E-state index contributed by atoms with van der Waals surface area (Å²) in [6.07, 6.45) is 0.276. The van der Waals surface area contributed by atoms with E-state index in [0.29, 0.717) is 11.4 Å². The van der Waals surface area contributed by atoms with Crippen LogP contribution < -0.4 is 4.74 Å². The van der Waals surface area contributed by atoms with E-state index in [1.165, 1.54) is 24.3 Å². The smallest absolute Gasteiger partial charge is 0.420 e. The van der Waals surface area contributed by atoms with E-state index in [0.717, 1.165) is 18.4 Å². The maximum Gasteiger partial charge on any atom is 0.491 e. The van der Waals surface area contributed by atoms with E-state index in [2.05, 4.69) is 21.6 Å². The summed E-state index contributed by atoms with van der Waals surface area (Å²) in [6, 6.07) is 5.52. The lowest BCUT2D eigenvalue weighted by Gasteiger charge is -2.07. The summed E-state index contributed by atoms with van der Waals surface area (Å²) in [6.45, 7) is 2.05. The van der Waals surface area contributed by atoms with Crippen LogP contribution in [0.5, 0.6) is 5.75 Å². The first-order valence-electron chi connectivity index (χ1n) is 6.60. The Morgan fingerprint density at radius 1 is 1.14 bits per heavy atom. The van der Waals surface area contributed by atoms with Crippen molar-refractivity contribution in [3.05, 3.63) is 42.2 Å². The van der Waals surface area contributed by atoms with Crippen molar-refractivity contribution in [3.8, 4) is 17.1 Å². The number of aryl methyl sites for hydroxylation is 1. The van der Waals surface area contributed by atoms with Gasteiger partial charge in [0.25, 0.3) is 0 Å². The van der Waals surface area contributed by atoms with E-state index in [4.69, 9.17) is 0 Å². The Bertz CT molecular complexity index is 637. The summed E-state index contributed by atoms with van der Waals surface area (Å²) in [5.74, 6) is -1.98. The average Bonchev–Trinajstić information content (AvgIpc) is 2.48. The summed E-state index contributed by atoms with van der Waals surface area (Å²) >= 11 is 0. The third-order valence-electron chi connectivity index (χ3n) is 2.80. The molecule has 0 N–H and O–H groups in total. The minimum atomic E-state index is -5.02. The fourth-order valence-corrected chi connectivity index (χ4v) is 1.76. The molecule has 1 aromatic heterocycles. The number of ether oxygens (including phenoxy) is 1. The van der Waals surface area contributed by atoms with Crippen molar-refractivity contribution in [2.75, 3.05) is 0 Å². The summed E-state index contributed by atoms with van der Waals surface area (Å²) in [4.78, 5) is 19.1. The first-order valence-corrected chi connectivity index (χ1v) is 6.60. The molecule has 0 aliphatic heterocycles. The van der Waals surface area contributed by atoms with Crippen LogP contribution in [0.25, 0.3) is 11.4 Å². The largest absolute Gasteiger partial charge is 0.491 e. The Hall–Kier alpha value is -2.44. The Labute approximate surface area is 125 Å². The van der Waals surface area contributed by atoms with Crippen molar-refractivity contribution in [2.45, 2.75) is 25.9 Å². The number of carbonyl (C=O) groups is 1. The van der Waals surface area contributed by atoms with Gasteiger partial charge in [-0.3, -0.25) is 0 Å². The highest BCUT2D eigenvalue weighted by Crippen LogP contribution is 2.22. The van der Waals surface area contributed by atoms with Crippen molar-refractivity contribution in [2.24, 2.45) is 0 Å². The molecule has 0 amide bonds. The Kier molecular flexibility index (Phi) is 4.75. The number of alkyl halides is 3. The van der Waals surface area contributed by atoms with Crippen molar-refractivity contribution in [3.63, 3.8) is 0 Å². The monoisotopic (exact) mass is 310 g/mol. The van der Waals surface area contributed by atoms with Crippen LogP contribution in [0.2, 0.25) is 0 Å². The van der Waals surface area contributed by atoms with Crippen molar-refractivity contribution >= 4 is 5.97 Å². The Balaban J connectivity index is 2.10. The molecule has 7 heteroatoms. The lowest BCUT2D eigenvalue weighted by atomic mass is 10.2. The maximum atomic E-state index is 12.1. The highest BCUT2D eigenvalue weighted by molar-refractivity contribution is 5.78. The normalized spacial score (nSPS) is 11.3. The lowest BCUT2D eigenvalue weighted by Crippen LogP contribution is -2.27. The molecule has 0 saturated heterocycles. The topological polar surface area (TPSA) is 52.1 Å². The SMILES string of the molecule is CCCc1cnc(-c2ccc(OC(=O)C(F)(F)F)cc2)nc1. The molecule has 0 bridgehead atoms. The Morgan fingerprint density at radius 3 is 2.23 bits per heavy atom. The molecule has 0 spiro atoms. The molecule has 0 unspecified atom stereocenters. The summed E-state index contributed by atoms with van der Waals surface area (Å²) in [5.41, 5.74) is 1.64. The highest BCUT2D eigenvalue weighted by Gasteiger charge is 2.41. The summed E-state index contributed by atoms with van der Waals surface area (Å²) in [7, 11) is 0. The van der Waals surface area contributed by atoms with E-state index < -0.39 is 12.1 Å². The van der Waals surface area contributed by atoms with Gasteiger partial charge < -0.3 is 4.74 Å². The second kappa shape index (κ2) is 6.55. The number of aromatic nitrogens is 2. The molecule has 1 aromatic carbocycles. The van der Waals surface area contributed by atoms with Crippen LogP contribution in [0.4, 0.5) is 13.2 Å². The number of carbonyl (C=O) groups excluding carboxylic acids is 1. The van der Waals surface area contributed by atoms with E-state index in [1.807, 2.05) is 0 Å². The first-order chi connectivity index (χ1) is 10.4. The zero-order chi connectivity index (χ0) is 16.2. The van der Waals surface area contributed by atoms with Gasteiger partial charge >= 0.3 is 12.1 Å². The zero-order valence-corrected chi connectivity index (χ0v) is 11.7. The molecule has 2 aromatic rings. The van der Waals surface area contributed by atoms with Crippen LogP contribution in [0.15, 0.2) is 36.7 Å². The van der Waals surface area contributed by atoms with Crippen LogP contribution in [0.1, 0.15) is 18.9 Å². The molecular formula is C15H13F3N2O2. The predicted molar refractivity (Wildman–Crippen MR) is 73.2 cm³/mol. The predicted octanol–water partition coefficient (Wildman–Crippen LogP) is 3.56. The molecule has 0 saturated carbocycles. The number of halogens is 3. The van der Waals surface area contributed by atoms with Crippen molar-refractivity contribution < 1.29 is 22.7 Å². The first kappa shape index (κ1) is 15.9. The molecule has 0 aliphatic carbocycles. The Morgan fingerprint density at radius 2 is 1.73 bits per heavy atom. The molecule has 0 radical (unpaired) electrons. The van der Waals surface area contributed by atoms with Gasteiger partial charge in [0.1, 0.15) is 5.75 Å². The van der Waals surface area contributed by atoms with Crippen molar-refractivity contribution in [1.82, 2.24) is 9.97 Å². The van der Waals surface area contributed by atoms with E-state index in [1.54, 1.807) is 12.4 Å². The fourth-order valence-electron chi connectivity index (χ4n) is 1.76. The average molecular weight is 310 g/mol. The van der Waals surface area contributed by atoms with Crippen LogP contribution in [-0.4, -0.2) is 22.1 Å². The summed E-state index contributed by atoms with van der Waals surface area (Å²) < 4.78 is 40.5. The molecule has 116 valence electrons. The van der Waals surface area contributed by atoms with Gasteiger partial charge in [-0.25, -0.2) is 14.8 Å². The van der Waals surface area contributed by atoms with E-state index >= 15 is 0 Å². The number of rotatable bonds is 4. The van der Waals surface area contributed by atoms with Crippen LogP contribution in [0.3, 0.4) is 0 Å². The van der Waals surface area contributed by atoms with Gasteiger partial charge in [-0.15, -0.1) is 0 Å². The quantitative estimate of drug-likeness (QED) is 0.640. The molecular weight excluding hydrogens is 297 g/mol. The minimum absolute atomic E-state index is 0.186. The second-order valence-electron chi connectivity index (χ2n) is 4.58. The van der Waals surface area contributed by atoms with Crippen LogP contribution in [0, 0.1) is 0 Å². The van der Waals surface area contributed by atoms with Gasteiger partial charge in [0.15, 0.2) is 5.82 Å². The van der Waals surface area contributed by atoms with Gasteiger partial charge in [-0.1, -0.05) is 13.3 Å². The van der Waals surface area contributed by atoms with Crippen molar-refractivity contribution in [1.29, 1.82) is 0 Å². The molecule has 0 fully saturated rings. The maximum absolute atomic E-state index is 12.1. The van der Waals surface area contributed by atoms with Gasteiger partial charge in [-0.2, -0.15) is 13.2 Å². The van der Waals surface area contributed by atoms with Gasteiger partial charge in [0.05, 0.1) is 0 Å². The number of benzene rings is 1. The molecule has 22 heavy (non-hydrogen) atoms. The van der Waals surface area contributed by atoms with Gasteiger partial charge in [0, 0.05) is 18.0 Å². The molecule has 2 rings (SSSR count). The second-order valence-corrected chi connectivity index (χ2v) is 4.58. The number of hydrogen-bond acceptors (Lipinski definition) is 4. The molecule has 4 nitrogen and oxygen atoms in total. The number of hydrogen-bond donors (Lipinski definition) is 0.